The van der Waals surface area contributed by atoms with E-state index in [4.69, 9.17) is 0 Å². The molecule has 0 atom stereocenters. The van der Waals surface area contributed by atoms with Gasteiger partial charge in [0, 0.05) is 47.4 Å². The summed E-state index contributed by atoms with van der Waals surface area (Å²) in [5, 5.41) is 13.5. The first-order valence-corrected chi connectivity index (χ1v) is 8.62. The largest absolute Gasteiger partial charge is 0.381 e. The molecule has 6 heteroatoms. The number of nitrogens with one attached hydrogen (secondary N) is 3. The smallest absolute Gasteiger partial charge is 0.251 e. The van der Waals surface area contributed by atoms with E-state index in [0.29, 0.717) is 12.1 Å². The Labute approximate surface area is 153 Å². The Balaban J connectivity index is 1.71. The van der Waals surface area contributed by atoms with Crippen LogP contribution in [0.5, 0.6) is 0 Å². The zero-order chi connectivity index (χ0) is 18.5. The van der Waals surface area contributed by atoms with Crippen LogP contribution in [-0.2, 0) is 6.54 Å². The Kier molecular flexibility index (Phi) is 5.31. The summed E-state index contributed by atoms with van der Waals surface area (Å²) in [6.07, 6.45) is 5.37. The molecule has 0 saturated carbocycles. The number of aromatic amines is 1. The van der Waals surface area contributed by atoms with Crippen molar-refractivity contribution in [3.63, 3.8) is 0 Å². The number of rotatable bonds is 6. The molecule has 6 nitrogen and oxygen atoms in total. The Hall–Kier alpha value is -3.15. The highest BCUT2D eigenvalue weighted by molar-refractivity contribution is 5.96. The van der Waals surface area contributed by atoms with Crippen LogP contribution in [0.2, 0.25) is 0 Å². The molecular formula is C20H23N5O. The second-order valence-electron chi connectivity index (χ2n) is 6.52. The van der Waals surface area contributed by atoms with Crippen LogP contribution in [0.1, 0.15) is 35.3 Å². The summed E-state index contributed by atoms with van der Waals surface area (Å²) >= 11 is 0. The van der Waals surface area contributed by atoms with Crippen molar-refractivity contribution < 1.29 is 4.79 Å². The molecule has 134 valence electrons. The highest BCUT2D eigenvalue weighted by atomic mass is 16.1. The van der Waals surface area contributed by atoms with E-state index in [1.165, 1.54) is 0 Å². The van der Waals surface area contributed by atoms with Gasteiger partial charge in [-0.15, -0.1) is 0 Å². The Morgan fingerprint density at radius 2 is 2.08 bits per heavy atom. The number of nitrogens with zero attached hydrogens (tertiary/aromatic N) is 2. The zero-order valence-electron chi connectivity index (χ0n) is 15.2. The van der Waals surface area contributed by atoms with E-state index in [1.54, 1.807) is 6.20 Å². The first-order valence-electron chi connectivity index (χ1n) is 8.62. The monoisotopic (exact) mass is 349 g/mol. The second-order valence-corrected chi connectivity index (χ2v) is 6.52. The molecule has 0 spiro atoms. The van der Waals surface area contributed by atoms with Crippen molar-refractivity contribution in [3.8, 4) is 11.3 Å². The summed E-state index contributed by atoms with van der Waals surface area (Å²) in [4.78, 5) is 16.3. The number of benzene rings is 1. The molecule has 2 heterocycles. The summed E-state index contributed by atoms with van der Waals surface area (Å²) in [7, 11) is 0. The molecule has 3 N–H and O–H groups in total. The zero-order valence-corrected chi connectivity index (χ0v) is 15.2. The number of pyridine rings is 1. The average molecular weight is 349 g/mol. The van der Waals surface area contributed by atoms with Crippen LogP contribution in [0.25, 0.3) is 11.3 Å². The lowest BCUT2D eigenvalue weighted by molar-refractivity contribution is 0.0942. The highest BCUT2D eigenvalue weighted by Crippen LogP contribution is 2.22. The van der Waals surface area contributed by atoms with Crippen molar-refractivity contribution in [1.82, 2.24) is 20.5 Å². The van der Waals surface area contributed by atoms with Gasteiger partial charge in [-0.3, -0.25) is 14.9 Å². The first-order chi connectivity index (χ1) is 12.5. The van der Waals surface area contributed by atoms with Crippen molar-refractivity contribution in [1.29, 1.82) is 0 Å². The molecule has 0 aliphatic heterocycles. The number of amides is 1. The first kappa shape index (κ1) is 17.7. The predicted molar refractivity (Wildman–Crippen MR) is 103 cm³/mol. The van der Waals surface area contributed by atoms with Crippen LogP contribution < -0.4 is 10.6 Å². The normalized spacial score (nSPS) is 10.8. The minimum absolute atomic E-state index is 0.0438. The van der Waals surface area contributed by atoms with Crippen LogP contribution in [0.3, 0.4) is 0 Å². The lowest BCUT2D eigenvalue weighted by Crippen LogP contribution is -2.30. The fraction of sp³-hybridized carbons (Fsp3) is 0.250. The summed E-state index contributed by atoms with van der Waals surface area (Å²) in [6, 6.07) is 9.78. The minimum atomic E-state index is -0.0438. The molecule has 26 heavy (non-hydrogen) atoms. The maximum atomic E-state index is 12.2. The van der Waals surface area contributed by atoms with E-state index in [2.05, 4.69) is 25.8 Å². The predicted octanol–water partition coefficient (Wildman–Crippen LogP) is 3.53. The molecule has 3 aromatic rings. The number of aryl methyl sites for hydroxylation is 1. The molecule has 0 saturated heterocycles. The average Bonchev–Trinajstić information content (AvgIpc) is 3.08. The lowest BCUT2D eigenvalue weighted by atomic mass is 10.1. The van der Waals surface area contributed by atoms with E-state index in [1.807, 2.05) is 63.5 Å². The van der Waals surface area contributed by atoms with E-state index >= 15 is 0 Å². The van der Waals surface area contributed by atoms with Crippen LogP contribution in [-0.4, -0.2) is 27.1 Å². The van der Waals surface area contributed by atoms with Crippen molar-refractivity contribution in [2.24, 2.45) is 0 Å². The third kappa shape index (κ3) is 4.08. The Morgan fingerprint density at radius 1 is 1.23 bits per heavy atom. The van der Waals surface area contributed by atoms with E-state index in [0.717, 1.165) is 28.1 Å². The minimum Gasteiger partial charge on any atom is -0.381 e. The van der Waals surface area contributed by atoms with Crippen molar-refractivity contribution in [3.05, 3.63) is 65.6 Å². The van der Waals surface area contributed by atoms with Gasteiger partial charge in [-0.05, 0) is 56.7 Å². The summed E-state index contributed by atoms with van der Waals surface area (Å²) in [5.41, 5.74) is 5.60. The number of hydrogen-bond donors (Lipinski definition) is 3. The lowest BCUT2D eigenvalue weighted by Gasteiger charge is -2.12. The molecule has 3 rings (SSSR count). The summed E-state index contributed by atoms with van der Waals surface area (Å²) < 4.78 is 0. The SMILES string of the molecule is Cc1cc(NCc2cn[nH]c2-c2cccnc2)ccc1C(=O)NC(C)C. The van der Waals surface area contributed by atoms with Gasteiger partial charge in [0.05, 0.1) is 11.9 Å². The maximum Gasteiger partial charge on any atom is 0.251 e. The van der Waals surface area contributed by atoms with Crippen LogP contribution in [0.4, 0.5) is 5.69 Å². The molecule has 1 aromatic carbocycles. The van der Waals surface area contributed by atoms with Crippen LogP contribution in [0.15, 0.2) is 48.9 Å². The van der Waals surface area contributed by atoms with Gasteiger partial charge in [0.1, 0.15) is 0 Å². The number of aromatic nitrogens is 3. The molecule has 2 aromatic heterocycles. The molecule has 0 unspecified atom stereocenters. The Morgan fingerprint density at radius 3 is 2.77 bits per heavy atom. The number of H-pyrrole nitrogens is 1. The van der Waals surface area contributed by atoms with Crippen molar-refractivity contribution in [2.75, 3.05) is 5.32 Å². The highest BCUT2D eigenvalue weighted by Gasteiger charge is 2.11. The molecule has 0 aliphatic carbocycles. The van der Waals surface area contributed by atoms with Crippen LogP contribution in [0, 0.1) is 6.92 Å². The van der Waals surface area contributed by atoms with Gasteiger partial charge in [-0.1, -0.05) is 0 Å². The van der Waals surface area contributed by atoms with Gasteiger partial charge in [0.15, 0.2) is 0 Å². The van der Waals surface area contributed by atoms with Crippen LogP contribution >= 0.6 is 0 Å². The number of hydrogen-bond acceptors (Lipinski definition) is 4. The van der Waals surface area contributed by atoms with Crippen molar-refractivity contribution >= 4 is 11.6 Å². The van der Waals surface area contributed by atoms with Gasteiger partial charge in [0.2, 0.25) is 0 Å². The van der Waals surface area contributed by atoms with Gasteiger partial charge < -0.3 is 10.6 Å². The maximum absolute atomic E-state index is 12.2. The van der Waals surface area contributed by atoms with E-state index in [9.17, 15) is 4.79 Å². The third-order valence-corrected chi connectivity index (χ3v) is 4.04. The molecule has 0 fully saturated rings. The molecule has 1 amide bonds. The van der Waals surface area contributed by atoms with Gasteiger partial charge in [-0.25, -0.2) is 0 Å². The van der Waals surface area contributed by atoms with E-state index in [-0.39, 0.29) is 11.9 Å². The Bertz CT molecular complexity index is 886. The number of carbonyl (C=O) groups is 1. The topological polar surface area (TPSA) is 82.7 Å². The molecular weight excluding hydrogens is 326 g/mol. The fourth-order valence-electron chi connectivity index (χ4n) is 2.77. The second kappa shape index (κ2) is 7.82. The quantitative estimate of drug-likeness (QED) is 0.636. The fourth-order valence-corrected chi connectivity index (χ4v) is 2.77. The third-order valence-electron chi connectivity index (χ3n) is 4.04. The number of anilines is 1. The van der Waals surface area contributed by atoms with Crippen molar-refractivity contribution in [2.45, 2.75) is 33.4 Å². The van der Waals surface area contributed by atoms with Gasteiger partial charge in [0.25, 0.3) is 5.91 Å². The summed E-state index contributed by atoms with van der Waals surface area (Å²) in [5.74, 6) is -0.0438. The number of carbonyl (C=O) groups excluding carboxylic acids is 1. The molecule has 0 bridgehead atoms. The summed E-state index contributed by atoms with van der Waals surface area (Å²) in [6.45, 7) is 6.47. The van der Waals surface area contributed by atoms with E-state index < -0.39 is 0 Å². The van der Waals surface area contributed by atoms with Gasteiger partial charge in [-0.2, -0.15) is 5.10 Å². The van der Waals surface area contributed by atoms with Gasteiger partial charge >= 0.3 is 0 Å². The molecule has 0 aliphatic rings. The standard InChI is InChI=1S/C20H23N5O/c1-13(2)24-20(26)18-7-6-17(9-14(18)3)22-11-16-12-23-25-19(16)15-5-4-8-21-10-15/h4-10,12-13,22H,11H2,1-3H3,(H,23,25)(H,24,26). The molecule has 0 radical (unpaired) electrons.